The topological polar surface area (TPSA) is 28.0 Å². The molecule has 0 N–H and O–H groups in total. The molecule has 0 fully saturated rings. The maximum atomic E-state index is 3.76. The van der Waals surface area contributed by atoms with E-state index < -0.39 is 0 Å². The van der Waals surface area contributed by atoms with Gasteiger partial charge in [0, 0.05) is 12.6 Å². The Hall–Kier alpha value is -1.10. The molecule has 60 valence electrons. The number of nitrogens with zero attached hydrogens (tertiary/aromatic N) is 3. The third-order valence-corrected chi connectivity index (χ3v) is 0.809. The standard InChI is InChI=1S/C8H13N3/c1-4-9-8-10-6-5-7-11(2)3/h4,7H2,1-3H3. The molecule has 0 saturated heterocycles. The molecule has 11 heavy (non-hydrogen) atoms. The number of rotatable bonds is 2. The van der Waals surface area contributed by atoms with Gasteiger partial charge in [0.2, 0.25) is 0 Å². The van der Waals surface area contributed by atoms with Gasteiger partial charge in [0.1, 0.15) is 6.01 Å². The minimum atomic E-state index is 0.707. The lowest BCUT2D eigenvalue weighted by molar-refractivity contribution is 0.464. The zero-order valence-corrected chi connectivity index (χ0v) is 7.26. The predicted molar refractivity (Wildman–Crippen MR) is 46.7 cm³/mol. The van der Waals surface area contributed by atoms with Crippen molar-refractivity contribution in [3.63, 3.8) is 0 Å². The van der Waals surface area contributed by atoms with E-state index in [4.69, 9.17) is 0 Å². The van der Waals surface area contributed by atoms with Crippen molar-refractivity contribution in [3.05, 3.63) is 0 Å². The van der Waals surface area contributed by atoms with E-state index in [1.54, 1.807) is 0 Å². The van der Waals surface area contributed by atoms with Crippen LogP contribution in [0, 0.1) is 12.0 Å². The van der Waals surface area contributed by atoms with Crippen molar-refractivity contribution in [1.29, 1.82) is 0 Å². The normalized spacial score (nSPS) is 8.00. The van der Waals surface area contributed by atoms with Gasteiger partial charge in [0.15, 0.2) is 0 Å². The summed E-state index contributed by atoms with van der Waals surface area (Å²) in [6, 6.07) is 5.05. The Morgan fingerprint density at radius 1 is 1.36 bits per heavy atom. The maximum absolute atomic E-state index is 3.76. The fourth-order valence-corrected chi connectivity index (χ4v) is 0.364. The molecule has 0 aliphatic rings. The molecule has 0 aliphatic heterocycles. The highest BCUT2D eigenvalue weighted by Crippen LogP contribution is 1.68. The Morgan fingerprint density at radius 2 is 2.09 bits per heavy atom. The predicted octanol–water partition coefficient (Wildman–Crippen LogP) is 0.703. The number of hydrogen-bond donors (Lipinski definition) is 0. The van der Waals surface area contributed by atoms with E-state index in [9.17, 15) is 0 Å². The van der Waals surface area contributed by atoms with Crippen LogP contribution in [0.4, 0.5) is 0 Å². The van der Waals surface area contributed by atoms with E-state index in [1.807, 2.05) is 25.9 Å². The Balaban J connectivity index is 3.63. The van der Waals surface area contributed by atoms with Gasteiger partial charge in [-0.15, -0.1) is 4.99 Å². The molecule has 0 atom stereocenters. The van der Waals surface area contributed by atoms with E-state index in [0.717, 1.165) is 6.54 Å². The first-order valence-corrected chi connectivity index (χ1v) is 3.51. The molecule has 0 amide bonds. The SMILES string of the molecule is CCN=C=NC#CCN(C)C. The molecule has 0 radical (unpaired) electrons. The molecule has 0 saturated carbocycles. The minimum Gasteiger partial charge on any atom is -0.298 e. The van der Waals surface area contributed by atoms with E-state index in [-0.39, 0.29) is 0 Å². The molecule has 3 nitrogen and oxygen atoms in total. The summed E-state index contributed by atoms with van der Waals surface area (Å²) in [4.78, 5) is 9.36. The van der Waals surface area contributed by atoms with Crippen molar-refractivity contribution in [1.82, 2.24) is 4.90 Å². The quantitative estimate of drug-likeness (QED) is 0.422. The summed E-state index contributed by atoms with van der Waals surface area (Å²) in [5.74, 6) is 2.83. The van der Waals surface area contributed by atoms with E-state index in [2.05, 4.69) is 28.0 Å². The van der Waals surface area contributed by atoms with E-state index >= 15 is 0 Å². The summed E-state index contributed by atoms with van der Waals surface area (Å²) in [6.45, 7) is 3.35. The summed E-state index contributed by atoms with van der Waals surface area (Å²) < 4.78 is 0. The zero-order chi connectivity index (χ0) is 8.53. The maximum Gasteiger partial charge on any atom is 0.104 e. The highest BCUT2D eigenvalue weighted by atomic mass is 15.0. The largest absolute Gasteiger partial charge is 0.298 e. The molecular formula is C8H13N3. The average Bonchev–Trinajstić information content (AvgIpc) is 1.96. The molecule has 3 heteroatoms. The number of aliphatic imine (C=N–C) groups is 2. The average molecular weight is 151 g/mol. The van der Waals surface area contributed by atoms with Gasteiger partial charge in [-0.3, -0.25) is 4.90 Å². The molecule has 0 spiro atoms. The van der Waals surface area contributed by atoms with Crippen molar-refractivity contribution in [2.24, 2.45) is 9.98 Å². The van der Waals surface area contributed by atoms with Gasteiger partial charge in [-0.1, -0.05) is 5.92 Å². The molecule has 0 unspecified atom stereocenters. The van der Waals surface area contributed by atoms with Gasteiger partial charge in [0.25, 0.3) is 0 Å². The van der Waals surface area contributed by atoms with Gasteiger partial charge in [-0.05, 0) is 21.0 Å². The minimum absolute atomic E-state index is 0.707. The molecule has 0 aromatic heterocycles. The second kappa shape index (κ2) is 7.01. The Morgan fingerprint density at radius 3 is 2.64 bits per heavy atom. The summed E-state index contributed by atoms with van der Waals surface area (Å²) >= 11 is 0. The lowest BCUT2D eigenvalue weighted by atomic mass is 10.6. The van der Waals surface area contributed by atoms with Crippen molar-refractivity contribution in [2.75, 3.05) is 27.2 Å². The van der Waals surface area contributed by atoms with Crippen LogP contribution in [0.15, 0.2) is 9.98 Å². The summed E-state index contributed by atoms with van der Waals surface area (Å²) in [5.41, 5.74) is 0. The Labute approximate surface area is 67.8 Å². The Kier molecular flexibility index (Phi) is 6.31. The first-order chi connectivity index (χ1) is 5.27. The molecule has 0 aromatic carbocycles. The third-order valence-electron chi connectivity index (χ3n) is 0.809. The third kappa shape index (κ3) is 8.90. The zero-order valence-electron chi connectivity index (χ0n) is 7.26. The van der Waals surface area contributed by atoms with Crippen LogP contribution in [-0.4, -0.2) is 38.1 Å². The van der Waals surface area contributed by atoms with Gasteiger partial charge >= 0.3 is 0 Å². The van der Waals surface area contributed by atoms with Crippen LogP contribution in [0.5, 0.6) is 0 Å². The van der Waals surface area contributed by atoms with Crippen molar-refractivity contribution in [2.45, 2.75) is 6.92 Å². The molecule has 0 rings (SSSR count). The fraction of sp³-hybridized carbons (Fsp3) is 0.625. The van der Waals surface area contributed by atoms with Crippen LogP contribution < -0.4 is 0 Å². The fourth-order valence-electron chi connectivity index (χ4n) is 0.364. The van der Waals surface area contributed by atoms with E-state index in [1.165, 1.54) is 0 Å². The molecular weight excluding hydrogens is 138 g/mol. The van der Waals surface area contributed by atoms with Crippen LogP contribution in [0.25, 0.3) is 0 Å². The van der Waals surface area contributed by atoms with Crippen molar-refractivity contribution in [3.8, 4) is 12.0 Å². The van der Waals surface area contributed by atoms with Crippen LogP contribution in [-0.2, 0) is 0 Å². The molecule has 0 aliphatic carbocycles. The summed E-state index contributed by atoms with van der Waals surface area (Å²) in [6.07, 6.45) is 0. The summed E-state index contributed by atoms with van der Waals surface area (Å²) in [7, 11) is 3.91. The first kappa shape index (κ1) is 9.90. The number of hydrogen-bond acceptors (Lipinski definition) is 3. The van der Waals surface area contributed by atoms with Gasteiger partial charge in [-0.25, -0.2) is 4.99 Å². The molecule has 0 bridgehead atoms. The first-order valence-electron chi connectivity index (χ1n) is 3.51. The smallest absolute Gasteiger partial charge is 0.104 e. The highest BCUT2D eigenvalue weighted by Gasteiger charge is 1.78. The van der Waals surface area contributed by atoms with Crippen molar-refractivity contribution >= 4 is 6.01 Å². The second-order valence-corrected chi connectivity index (χ2v) is 2.21. The second-order valence-electron chi connectivity index (χ2n) is 2.21. The van der Waals surface area contributed by atoms with Gasteiger partial charge in [-0.2, -0.15) is 0 Å². The van der Waals surface area contributed by atoms with Crippen LogP contribution in [0.1, 0.15) is 6.92 Å². The highest BCUT2D eigenvalue weighted by molar-refractivity contribution is 5.43. The Bertz CT molecular complexity index is 201. The monoisotopic (exact) mass is 151 g/mol. The van der Waals surface area contributed by atoms with Gasteiger partial charge < -0.3 is 0 Å². The van der Waals surface area contributed by atoms with Crippen LogP contribution in [0.3, 0.4) is 0 Å². The van der Waals surface area contributed by atoms with Gasteiger partial charge in [0.05, 0.1) is 6.54 Å². The van der Waals surface area contributed by atoms with E-state index in [0.29, 0.717) is 6.54 Å². The molecule has 0 heterocycles. The van der Waals surface area contributed by atoms with Crippen LogP contribution in [0.2, 0.25) is 0 Å². The lowest BCUT2D eigenvalue weighted by Crippen LogP contribution is -2.10. The van der Waals surface area contributed by atoms with Crippen LogP contribution >= 0.6 is 0 Å². The lowest BCUT2D eigenvalue weighted by Gasteiger charge is -1.99. The summed E-state index contributed by atoms with van der Waals surface area (Å²) in [5, 5.41) is 0. The molecule has 0 aromatic rings. The van der Waals surface area contributed by atoms with Crippen molar-refractivity contribution < 1.29 is 0 Å².